The van der Waals surface area contributed by atoms with Gasteiger partial charge in [0.2, 0.25) is 5.88 Å². The molecule has 0 aliphatic rings. The van der Waals surface area contributed by atoms with Crippen molar-refractivity contribution in [3.63, 3.8) is 0 Å². The summed E-state index contributed by atoms with van der Waals surface area (Å²) >= 11 is 0. The first kappa shape index (κ1) is 14.8. The lowest BCUT2D eigenvalue weighted by atomic mass is 10.2. The van der Waals surface area contributed by atoms with Gasteiger partial charge < -0.3 is 10.1 Å². The minimum absolute atomic E-state index is 0.215. The predicted molar refractivity (Wildman–Crippen MR) is 88.4 cm³/mol. The highest BCUT2D eigenvalue weighted by atomic mass is 16.5. The highest BCUT2D eigenvalue weighted by Crippen LogP contribution is 2.22. The summed E-state index contributed by atoms with van der Waals surface area (Å²) in [4.78, 5) is 16.6. The number of carbonyl (C=O) groups is 1. The molecule has 4 nitrogen and oxygen atoms in total. The van der Waals surface area contributed by atoms with E-state index in [0.29, 0.717) is 23.7 Å². The van der Waals surface area contributed by atoms with E-state index in [2.05, 4.69) is 10.3 Å². The smallest absolute Gasteiger partial charge is 0.257 e. The van der Waals surface area contributed by atoms with Crippen molar-refractivity contribution in [2.45, 2.75) is 6.54 Å². The Balaban J connectivity index is 1.73. The Labute approximate surface area is 134 Å². The van der Waals surface area contributed by atoms with Crippen molar-refractivity contribution in [2.75, 3.05) is 0 Å². The Morgan fingerprint density at radius 2 is 1.61 bits per heavy atom. The van der Waals surface area contributed by atoms with Crippen LogP contribution in [0.15, 0.2) is 79.0 Å². The van der Waals surface area contributed by atoms with E-state index in [1.54, 1.807) is 18.3 Å². The highest BCUT2D eigenvalue weighted by molar-refractivity contribution is 5.96. The summed E-state index contributed by atoms with van der Waals surface area (Å²) in [5, 5.41) is 2.88. The lowest BCUT2D eigenvalue weighted by Gasteiger charge is -2.10. The molecule has 0 aliphatic heterocycles. The number of rotatable bonds is 5. The van der Waals surface area contributed by atoms with E-state index in [4.69, 9.17) is 4.74 Å². The molecule has 0 atom stereocenters. The van der Waals surface area contributed by atoms with E-state index < -0.39 is 0 Å². The monoisotopic (exact) mass is 304 g/mol. The molecule has 4 heteroatoms. The first-order valence-electron chi connectivity index (χ1n) is 7.33. The second kappa shape index (κ2) is 7.22. The molecule has 0 bridgehead atoms. The zero-order chi connectivity index (χ0) is 15.9. The maximum atomic E-state index is 12.4. The van der Waals surface area contributed by atoms with Gasteiger partial charge in [-0.1, -0.05) is 48.5 Å². The van der Waals surface area contributed by atoms with Crippen LogP contribution >= 0.6 is 0 Å². The molecule has 0 saturated carbocycles. The van der Waals surface area contributed by atoms with E-state index in [-0.39, 0.29) is 5.91 Å². The van der Waals surface area contributed by atoms with Crippen LogP contribution in [0.4, 0.5) is 0 Å². The summed E-state index contributed by atoms with van der Waals surface area (Å²) in [5.74, 6) is 0.723. The molecule has 1 heterocycles. The number of aromatic nitrogens is 1. The number of para-hydroxylation sites is 1. The maximum absolute atomic E-state index is 12.4. The quantitative estimate of drug-likeness (QED) is 0.780. The van der Waals surface area contributed by atoms with Crippen molar-refractivity contribution < 1.29 is 9.53 Å². The zero-order valence-corrected chi connectivity index (χ0v) is 12.5. The van der Waals surface area contributed by atoms with Gasteiger partial charge in [0, 0.05) is 12.7 Å². The summed E-state index contributed by atoms with van der Waals surface area (Å²) in [6.45, 7) is 0.458. The van der Waals surface area contributed by atoms with Crippen LogP contribution in [0.25, 0.3) is 0 Å². The fraction of sp³-hybridized carbons (Fsp3) is 0.0526. The number of pyridine rings is 1. The number of hydrogen-bond acceptors (Lipinski definition) is 3. The minimum Gasteiger partial charge on any atom is -0.438 e. The second-order valence-electron chi connectivity index (χ2n) is 4.94. The van der Waals surface area contributed by atoms with Crippen LogP contribution in [0.5, 0.6) is 11.6 Å². The van der Waals surface area contributed by atoms with Crippen LogP contribution in [0.3, 0.4) is 0 Å². The topological polar surface area (TPSA) is 51.2 Å². The molecule has 114 valence electrons. The Morgan fingerprint density at radius 1 is 0.913 bits per heavy atom. The van der Waals surface area contributed by atoms with E-state index in [1.807, 2.05) is 60.7 Å². The van der Waals surface area contributed by atoms with Crippen molar-refractivity contribution in [1.29, 1.82) is 0 Å². The molecular formula is C19H16N2O2. The zero-order valence-electron chi connectivity index (χ0n) is 12.5. The molecule has 3 aromatic rings. The van der Waals surface area contributed by atoms with Crippen LogP contribution < -0.4 is 10.1 Å². The van der Waals surface area contributed by atoms with Crippen molar-refractivity contribution in [2.24, 2.45) is 0 Å². The molecule has 1 N–H and O–H groups in total. The number of amides is 1. The SMILES string of the molecule is O=C(NCc1ccccc1)c1cccnc1Oc1ccccc1. The van der Waals surface area contributed by atoms with Crippen molar-refractivity contribution in [3.8, 4) is 11.6 Å². The number of hydrogen-bond donors (Lipinski definition) is 1. The van der Waals surface area contributed by atoms with Gasteiger partial charge in [-0.05, 0) is 29.8 Å². The third-order valence-corrected chi connectivity index (χ3v) is 3.27. The maximum Gasteiger partial charge on any atom is 0.257 e. The molecular weight excluding hydrogens is 288 g/mol. The molecule has 0 aliphatic carbocycles. The summed E-state index contributed by atoms with van der Waals surface area (Å²) in [6, 6.07) is 22.4. The van der Waals surface area contributed by atoms with Gasteiger partial charge in [0.1, 0.15) is 11.3 Å². The Kier molecular flexibility index (Phi) is 4.64. The molecule has 1 amide bonds. The van der Waals surface area contributed by atoms with Crippen LogP contribution in [-0.2, 0) is 6.54 Å². The minimum atomic E-state index is -0.215. The van der Waals surface area contributed by atoms with E-state index in [0.717, 1.165) is 5.56 Å². The third kappa shape index (κ3) is 3.95. The molecule has 23 heavy (non-hydrogen) atoms. The van der Waals surface area contributed by atoms with Gasteiger partial charge in [-0.25, -0.2) is 4.98 Å². The summed E-state index contributed by atoms with van der Waals surface area (Å²) in [5.41, 5.74) is 1.45. The number of nitrogens with zero attached hydrogens (tertiary/aromatic N) is 1. The van der Waals surface area contributed by atoms with Gasteiger partial charge in [0.15, 0.2) is 0 Å². The predicted octanol–water partition coefficient (Wildman–Crippen LogP) is 3.80. The fourth-order valence-electron chi connectivity index (χ4n) is 2.12. The van der Waals surface area contributed by atoms with Crippen molar-refractivity contribution in [1.82, 2.24) is 10.3 Å². The largest absolute Gasteiger partial charge is 0.438 e. The Hall–Kier alpha value is -3.14. The first-order chi connectivity index (χ1) is 11.3. The molecule has 0 fully saturated rings. The van der Waals surface area contributed by atoms with Crippen molar-refractivity contribution in [3.05, 3.63) is 90.1 Å². The van der Waals surface area contributed by atoms with Crippen LogP contribution in [0, 0.1) is 0 Å². The third-order valence-electron chi connectivity index (χ3n) is 3.27. The fourth-order valence-corrected chi connectivity index (χ4v) is 2.12. The van der Waals surface area contributed by atoms with E-state index in [1.165, 1.54) is 0 Å². The summed E-state index contributed by atoms with van der Waals surface area (Å²) in [6.07, 6.45) is 1.60. The van der Waals surface area contributed by atoms with Crippen LogP contribution in [0.2, 0.25) is 0 Å². The standard InChI is InChI=1S/C19H16N2O2/c22-18(21-14-15-8-3-1-4-9-15)17-12-7-13-20-19(17)23-16-10-5-2-6-11-16/h1-13H,14H2,(H,21,22). The molecule has 0 spiro atoms. The lowest BCUT2D eigenvalue weighted by Crippen LogP contribution is -2.23. The van der Waals surface area contributed by atoms with Crippen LogP contribution in [0.1, 0.15) is 15.9 Å². The number of nitrogens with one attached hydrogen (secondary N) is 1. The molecule has 3 rings (SSSR count). The molecule has 1 aromatic heterocycles. The van der Waals surface area contributed by atoms with Crippen LogP contribution in [-0.4, -0.2) is 10.9 Å². The van der Waals surface area contributed by atoms with E-state index in [9.17, 15) is 4.79 Å². The molecule has 0 radical (unpaired) electrons. The van der Waals surface area contributed by atoms with Gasteiger partial charge in [0.25, 0.3) is 5.91 Å². The summed E-state index contributed by atoms with van der Waals surface area (Å²) in [7, 11) is 0. The lowest BCUT2D eigenvalue weighted by molar-refractivity contribution is 0.0948. The number of benzene rings is 2. The van der Waals surface area contributed by atoms with E-state index >= 15 is 0 Å². The highest BCUT2D eigenvalue weighted by Gasteiger charge is 2.13. The Bertz CT molecular complexity index is 774. The summed E-state index contributed by atoms with van der Waals surface area (Å²) < 4.78 is 5.71. The van der Waals surface area contributed by atoms with Gasteiger partial charge in [-0.2, -0.15) is 0 Å². The van der Waals surface area contributed by atoms with Gasteiger partial charge in [-0.3, -0.25) is 4.79 Å². The van der Waals surface area contributed by atoms with Gasteiger partial charge >= 0.3 is 0 Å². The average Bonchev–Trinajstić information content (AvgIpc) is 2.62. The van der Waals surface area contributed by atoms with Gasteiger partial charge in [-0.15, -0.1) is 0 Å². The normalized spacial score (nSPS) is 10.1. The van der Waals surface area contributed by atoms with Gasteiger partial charge in [0.05, 0.1) is 0 Å². The molecule has 0 unspecified atom stereocenters. The molecule has 2 aromatic carbocycles. The number of ether oxygens (including phenoxy) is 1. The second-order valence-corrected chi connectivity index (χ2v) is 4.94. The average molecular weight is 304 g/mol. The molecule has 0 saturated heterocycles. The Morgan fingerprint density at radius 3 is 2.35 bits per heavy atom. The van der Waals surface area contributed by atoms with Crippen molar-refractivity contribution >= 4 is 5.91 Å². The number of carbonyl (C=O) groups excluding carboxylic acids is 1. The first-order valence-corrected chi connectivity index (χ1v) is 7.33.